The number of benzene rings is 1. The molecule has 3 rings (SSSR count). The van der Waals surface area contributed by atoms with Crippen molar-refractivity contribution < 1.29 is 9.59 Å². The summed E-state index contributed by atoms with van der Waals surface area (Å²) in [6.45, 7) is 4.55. The number of amides is 1. The summed E-state index contributed by atoms with van der Waals surface area (Å²) in [5.74, 6) is -0.984. The van der Waals surface area contributed by atoms with Crippen molar-refractivity contribution in [2.75, 3.05) is 16.8 Å². The number of hydrogen-bond donors (Lipinski definition) is 1. The molecule has 1 saturated carbocycles. The Kier molecular flexibility index (Phi) is 2.44. The van der Waals surface area contributed by atoms with Gasteiger partial charge in [0.05, 0.1) is 11.3 Å². The van der Waals surface area contributed by atoms with Crippen LogP contribution in [-0.4, -0.2) is 24.3 Å². The number of hydrogen-bond acceptors (Lipinski definition) is 3. The molecule has 1 aliphatic heterocycles. The number of fused-ring (bicyclic) bond motifs is 1. The van der Waals surface area contributed by atoms with Gasteiger partial charge >= 0.3 is 0 Å². The predicted molar refractivity (Wildman–Crippen MR) is 70.0 cm³/mol. The number of anilines is 2. The Hall–Kier alpha value is -2.10. The molecule has 18 heavy (non-hydrogen) atoms. The molecule has 2 aliphatic rings. The van der Waals surface area contributed by atoms with Crippen LogP contribution >= 0.6 is 0 Å². The lowest BCUT2D eigenvalue weighted by molar-refractivity contribution is -0.112. The molecule has 1 aromatic carbocycles. The Balaban J connectivity index is 1.95. The van der Waals surface area contributed by atoms with Crippen molar-refractivity contribution in [2.45, 2.75) is 18.9 Å². The summed E-state index contributed by atoms with van der Waals surface area (Å²) >= 11 is 0. The second-order valence-corrected chi connectivity index (χ2v) is 4.69. The zero-order valence-electron chi connectivity index (χ0n) is 9.98. The van der Waals surface area contributed by atoms with Crippen LogP contribution in [0.1, 0.15) is 23.2 Å². The Morgan fingerprint density at radius 1 is 1.39 bits per heavy atom. The van der Waals surface area contributed by atoms with Crippen molar-refractivity contribution in [3.05, 3.63) is 36.4 Å². The van der Waals surface area contributed by atoms with Gasteiger partial charge in [-0.3, -0.25) is 9.59 Å². The van der Waals surface area contributed by atoms with Crippen LogP contribution in [0.15, 0.2) is 30.9 Å². The van der Waals surface area contributed by atoms with E-state index in [1.54, 1.807) is 6.07 Å². The van der Waals surface area contributed by atoms with Crippen molar-refractivity contribution in [1.82, 2.24) is 0 Å². The largest absolute Gasteiger partial charge is 0.365 e. The Morgan fingerprint density at radius 2 is 2.17 bits per heavy atom. The van der Waals surface area contributed by atoms with E-state index in [-0.39, 0.29) is 0 Å². The molecule has 0 bridgehead atoms. The Bertz CT molecular complexity index is 547. The maximum absolute atomic E-state index is 11.5. The monoisotopic (exact) mass is 242 g/mol. The van der Waals surface area contributed by atoms with Gasteiger partial charge in [-0.05, 0) is 31.0 Å². The van der Waals surface area contributed by atoms with Crippen molar-refractivity contribution >= 4 is 23.1 Å². The second kappa shape index (κ2) is 3.98. The maximum Gasteiger partial charge on any atom is 0.296 e. The van der Waals surface area contributed by atoms with Gasteiger partial charge in [-0.25, -0.2) is 0 Å². The first-order valence-electron chi connectivity index (χ1n) is 6.08. The van der Waals surface area contributed by atoms with Crippen molar-refractivity contribution in [2.24, 2.45) is 0 Å². The number of ketones is 1. The average Bonchev–Trinajstić information content (AvgIpc) is 3.15. The first kappa shape index (κ1) is 11.0. The molecule has 1 aliphatic carbocycles. The van der Waals surface area contributed by atoms with Gasteiger partial charge in [0.25, 0.3) is 11.7 Å². The van der Waals surface area contributed by atoms with Crippen LogP contribution in [0.4, 0.5) is 11.4 Å². The van der Waals surface area contributed by atoms with Crippen LogP contribution in [0.2, 0.25) is 0 Å². The smallest absolute Gasteiger partial charge is 0.296 e. The molecule has 0 unspecified atom stereocenters. The highest BCUT2D eigenvalue weighted by Crippen LogP contribution is 2.34. The van der Waals surface area contributed by atoms with Crippen LogP contribution in [0.25, 0.3) is 0 Å². The highest BCUT2D eigenvalue weighted by Gasteiger charge is 2.31. The lowest BCUT2D eigenvalue weighted by atomic mass is 10.1. The molecule has 1 N–H and O–H groups in total. The molecule has 0 saturated heterocycles. The molecule has 4 heteroatoms. The van der Waals surface area contributed by atoms with Gasteiger partial charge in [0, 0.05) is 18.3 Å². The quantitative estimate of drug-likeness (QED) is 0.648. The van der Waals surface area contributed by atoms with E-state index >= 15 is 0 Å². The highest BCUT2D eigenvalue weighted by molar-refractivity contribution is 6.51. The van der Waals surface area contributed by atoms with E-state index in [2.05, 4.69) is 16.8 Å². The predicted octanol–water partition coefficient (Wildman–Crippen LogP) is 1.98. The zero-order valence-corrected chi connectivity index (χ0v) is 9.98. The maximum atomic E-state index is 11.5. The normalized spacial score (nSPS) is 17.3. The summed E-state index contributed by atoms with van der Waals surface area (Å²) in [5, 5.41) is 2.60. The fraction of sp³-hybridized carbons (Fsp3) is 0.286. The molecule has 1 fully saturated rings. The van der Waals surface area contributed by atoms with E-state index in [1.165, 1.54) is 12.8 Å². The highest BCUT2D eigenvalue weighted by atomic mass is 16.2. The van der Waals surface area contributed by atoms with Gasteiger partial charge in [-0.2, -0.15) is 0 Å². The molecule has 92 valence electrons. The number of nitrogens with zero attached hydrogens (tertiary/aromatic N) is 1. The van der Waals surface area contributed by atoms with Crippen molar-refractivity contribution in [1.29, 1.82) is 0 Å². The van der Waals surface area contributed by atoms with Crippen LogP contribution in [0.5, 0.6) is 0 Å². The third-order valence-corrected chi connectivity index (χ3v) is 3.35. The fourth-order valence-corrected chi connectivity index (χ4v) is 2.30. The van der Waals surface area contributed by atoms with E-state index < -0.39 is 11.7 Å². The molecule has 1 amide bonds. The van der Waals surface area contributed by atoms with E-state index in [0.29, 0.717) is 17.3 Å². The van der Waals surface area contributed by atoms with Gasteiger partial charge in [-0.1, -0.05) is 6.08 Å². The minimum absolute atomic E-state index is 0.446. The summed E-state index contributed by atoms with van der Waals surface area (Å²) < 4.78 is 0. The Morgan fingerprint density at radius 3 is 2.83 bits per heavy atom. The standard InChI is InChI=1S/C14H14N2O2/c1-2-7-16(9-3-4-9)10-5-6-11-12(8-10)15-14(18)13(11)17/h2,5-6,8-9H,1,3-4,7H2,(H,15,17,18). The fourth-order valence-electron chi connectivity index (χ4n) is 2.30. The van der Waals surface area contributed by atoms with E-state index in [1.807, 2.05) is 18.2 Å². The van der Waals surface area contributed by atoms with Gasteiger partial charge in [-0.15, -0.1) is 6.58 Å². The van der Waals surface area contributed by atoms with Gasteiger partial charge in [0.1, 0.15) is 0 Å². The van der Waals surface area contributed by atoms with Gasteiger partial charge in [0.2, 0.25) is 0 Å². The molecule has 4 nitrogen and oxygen atoms in total. The number of rotatable bonds is 4. The molecule has 0 spiro atoms. The summed E-state index contributed by atoms with van der Waals surface area (Å²) in [4.78, 5) is 25.1. The van der Waals surface area contributed by atoms with Crippen LogP contribution in [0, 0.1) is 0 Å². The minimum atomic E-state index is -0.538. The second-order valence-electron chi connectivity index (χ2n) is 4.69. The topological polar surface area (TPSA) is 49.4 Å². The number of Topliss-reactive ketones (excluding diaryl/α,β-unsaturated/α-hetero) is 1. The number of nitrogens with one attached hydrogen (secondary N) is 1. The lowest BCUT2D eigenvalue weighted by Gasteiger charge is -2.23. The molecule has 1 aromatic rings. The molecular formula is C14H14N2O2. The summed E-state index contributed by atoms with van der Waals surface area (Å²) in [6, 6.07) is 6.07. The number of carbonyl (C=O) groups excluding carboxylic acids is 2. The van der Waals surface area contributed by atoms with Crippen LogP contribution in [0.3, 0.4) is 0 Å². The third kappa shape index (κ3) is 1.70. The van der Waals surface area contributed by atoms with Crippen LogP contribution in [-0.2, 0) is 4.79 Å². The third-order valence-electron chi connectivity index (χ3n) is 3.35. The summed E-state index contributed by atoms with van der Waals surface area (Å²) in [5.41, 5.74) is 2.13. The van der Waals surface area contributed by atoms with E-state index in [4.69, 9.17) is 0 Å². The first-order valence-corrected chi connectivity index (χ1v) is 6.08. The first-order chi connectivity index (χ1) is 8.70. The average molecular weight is 242 g/mol. The van der Waals surface area contributed by atoms with Crippen molar-refractivity contribution in [3.8, 4) is 0 Å². The number of carbonyl (C=O) groups is 2. The van der Waals surface area contributed by atoms with Gasteiger partial charge in [0.15, 0.2) is 0 Å². The van der Waals surface area contributed by atoms with Crippen LogP contribution < -0.4 is 10.2 Å². The van der Waals surface area contributed by atoms with Gasteiger partial charge < -0.3 is 10.2 Å². The molecule has 0 radical (unpaired) electrons. The Labute approximate surface area is 105 Å². The summed E-state index contributed by atoms with van der Waals surface area (Å²) in [6.07, 6.45) is 4.25. The molecule has 1 heterocycles. The molecular weight excluding hydrogens is 228 g/mol. The molecule has 0 atom stereocenters. The SMILES string of the molecule is C=CCN(c1ccc2c(c1)NC(=O)C2=O)C1CC1. The zero-order chi connectivity index (χ0) is 12.7. The van der Waals surface area contributed by atoms with Crippen molar-refractivity contribution in [3.63, 3.8) is 0 Å². The minimum Gasteiger partial charge on any atom is -0.365 e. The van der Waals surface area contributed by atoms with E-state index in [0.717, 1.165) is 12.2 Å². The summed E-state index contributed by atoms with van der Waals surface area (Å²) in [7, 11) is 0. The lowest BCUT2D eigenvalue weighted by Crippen LogP contribution is -2.25. The molecule has 0 aromatic heterocycles. The van der Waals surface area contributed by atoms with E-state index in [9.17, 15) is 9.59 Å².